The largest absolute Gasteiger partial charge is 0.478 e. The minimum absolute atomic E-state index is 0.0840. The number of anilines is 1. The zero-order valence-corrected chi connectivity index (χ0v) is 12.8. The first-order chi connectivity index (χ1) is 11.0. The van der Waals surface area contributed by atoms with Gasteiger partial charge in [-0.3, -0.25) is 15.1 Å². The van der Waals surface area contributed by atoms with Gasteiger partial charge in [-0.2, -0.15) is 0 Å². The Morgan fingerprint density at radius 3 is 2.57 bits per heavy atom. The van der Waals surface area contributed by atoms with Gasteiger partial charge in [-0.15, -0.1) is 0 Å². The second-order valence-electron chi connectivity index (χ2n) is 5.40. The van der Waals surface area contributed by atoms with E-state index in [9.17, 15) is 9.59 Å². The van der Waals surface area contributed by atoms with Crippen molar-refractivity contribution >= 4 is 23.5 Å². The van der Waals surface area contributed by atoms with Crippen LogP contribution in [-0.4, -0.2) is 65.5 Å². The molecule has 8 nitrogen and oxygen atoms in total. The summed E-state index contributed by atoms with van der Waals surface area (Å²) in [6.07, 6.45) is 0.331. The molecule has 0 radical (unpaired) electrons. The number of nitrogens with one attached hydrogen (secondary N) is 2. The summed E-state index contributed by atoms with van der Waals surface area (Å²) < 4.78 is 0. The zero-order valence-electron chi connectivity index (χ0n) is 12.8. The van der Waals surface area contributed by atoms with Crippen LogP contribution in [0, 0.1) is 5.41 Å². The zero-order chi connectivity index (χ0) is 16.8. The van der Waals surface area contributed by atoms with Gasteiger partial charge in [0.25, 0.3) is 0 Å². The number of rotatable bonds is 5. The summed E-state index contributed by atoms with van der Waals surface area (Å²) in [5, 5.41) is 19.0. The molecule has 0 aliphatic carbocycles. The molecule has 1 saturated heterocycles. The van der Waals surface area contributed by atoms with Crippen molar-refractivity contribution in [1.29, 1.82) is 5.41 Å². The summed E-state index contributed by atoms with van der Waals surface area (Å²) in [6, 6.07) is 6.17. The van der Waals surface area contributed by atoms with Crippen molar-refractivity contribution in [3.8, 4) is 0 Å². The van der Waals surface area contributed by atoms with Gasteiger partial charge in [0.15, 0.2) is 5.96 Å². The number of carbonyl (C=O) groups is 2. The van der Waals surface area contributed by atoms with Gasteiger partial charge in [0.05, 0.1) is 5.56 Å². The molecule has 1 aliphatic heterocycles. The Hall–Kier alpha value is -2.61. The predicted molar refractivity (Wildman–Crippen MR) is 86.6 cm³/mol. The highest BCUT2D eigenvalue weighted by Gasteiger charge is 2.18. The number of carboxylic acids is 1. The maximum atomic E-state index is 12.0. The third-order valence-electron chi connectivity index (χ3n) is 3.76. The molecule has 0 atom stereocenters. The Labute approximate surface area is 134 Å². The summed E-state index contributed by atoms with van der Waals surface area (Å²) in [5.41, 5.74) is 6.06. The minimum Gasteiger partial charge on any atom is -0.478 e. The van der Waals surface area contributed by atoms with Crippen molar-refractivity contribution < 1.29 is 14.7 Å². The molecule has 5 N–H and O–H groups in total. The molecule has 0 spiro atoms. The molecule has 23 heavy (non-hydrogen) atoms. The van der Waals surface area contributed by atoms with Crippen LogP contribution in [0.4, 0.5) is 5.69 Å². The van der Waals surface area contributed by atoms with Gasteiger partial charge in [-0.1, -0.05) is 6.07 Å². The number of nitrogens with zero attached hydrogens (tertiary/aromatic N) is 2. The van der Waals surface area contributed by atoms with E-state index in [1.807, 2.05) is 0 Å². The number of benzene rings is 1. The average Bonchev–Trinajstić information content (AvgIpc) is 2.53. The Morgan fingerprint density at radius 1 is 1.26 bits per heavy atom. The molecule has 0 saturated carbocycles. The molecule has 0 bridgehead atoms. The van der Waals surface area contributed by atoms with E-state index in [0.29, 0.717) is 31.7 Å². The van der Waals surface area contributed by atoms with Crippen LogP contribution in [0.1, 0.15) is 16.8 Å². The Balaban J connectivity index is 1.76. The number of nitrogens with two attached hydrogens (primary N) is 1. The van der Waals surface area contributed by atoms with Gasteiger partial charge >= 0.3 is 5.97 Å². The first-order valence-corrected chi connectivity index (χ1v) is 7.40. The maximum absolute atomic E-state index is 12.0. The molecule has 0 aromatic heterocycles. The number of piperazine rings is 1. The lowest BCUT2D eigenvalue weighted by Crippen LogP contribution is -2.51. The van der Waals surface area contributed by atoms with Crippen LogP contribution < -0.4 is 11.1 Å². The molecule has 1 aromatic carbocycles. The van der Waals surface area contributed by atoms with Crippen LogP contribution in [0.5, 0.6) is 0 Å². The van der Waals surface area contributed by atoms with Crippen molar-refractivity contribution in [2.75, 3.05) is 38.0 Å². The Bertz CT molecular complexity index is 597. The van der Waals surface area contributed by atoms with Gasteiger partial charge in [0, 0.05) is 44.8 Å². The topological polar surface area (TPSA) is 123 Å². The molecule has 124 valence electrons. The number of guanidine groups is 1. The van der Waals surface area contributed by atoms with Crippen molar-refractivity contribution in [3.05, 3.63) is 29.8 Å². The second kappa shape index (κ2) is 7.59. The van der Waals surface area contributed by atoms with Crippen LogP contribution in [0.3, 0.4) is 0 Å². The van der Waals surface area contributed by atoms with Crippen molar-refractivity contribution in [2.45, 2.75) is 6.42 Å². The van der Waals surface area contributed by atoms with Gasteiger partial charge in [0.2, 0.25) is 5.91 Å². The lowest BCUT2D eigenvalue weighted by molar-refractivity contribution is -0.116. The lowest BCUT2D eigenvalue weighted by Gasteiger charge is -2.34. The molecular weight excluding hydrogens is 298 g/mol. The monoisotopic (exact) mass is 319 g/mol. The summed E-state index contributed by atoms with van der Waals surface area (Å²) in [7, 11) is 0. The minimum atomic E-state index is -1.02. The Kier molecular flexibility index (Phi) is 5.53. The summed E-state index contributed by atoms with van der Waals surface area (Å²) >= 11 is 0. The number of carboxylic acid groups (broad SMARTS) is 1. The third kappa shape index (κ3) is 4.96. The fraction of sp³-hybridized carbons (Fsp3) is 0.400. The summed E-state index contributed by atoms with van der Waals surface area (Å²) in [4.78, 5) is 26.8. The second-order valence-corrected chi connectivity index (χ2v) is 5.40. The van der Waals surface area contributed by atoms with E-state index in [4.69, 9.17) is 16.2 Å². The average molecular weight is 319 g/mol. The molecule has 1 heterocycles. The van der Waals surface area contributed by atoms with Gasteiger partial charge in [-0.25, -0.2) is 4.79 Å². The van der Waals surface area contributed by atoms with Gasteiger partial charge in [-0.05, 0) is 18.2 Å². The highest BCUT2D eigenvalue weighted by atomic mass is 16.4. The molecule has 1 fully saturated rings. The first-order valence-electron chi connectivity index (χ1n) is 7.40. The van der Waals surface area contributed by atoms with Gasteiger partial charge < -0.3 is 21.1 Å². The summed E-state index contributed by atoms with van der Waals surface area (Å²) in [5.74, 6) is -1.09. The van der Waals surface area contributed by atoms with E-state index >= 15 is 0 Å². The molecule has 1 amide bonds. The van der Waals surface area contributed by atoms with Crippen LogP contribution in [0.2, 0.25) is 0 Å². The highest BCUT2D eigenvalue weighted by Crippen LogP contribution is 2.11. The lowest BCUT2D eigenvalue weighted by atomic mass is 10.2. The number of carbonyl (C=O) groups excluding carboxylic acids is 1. The molecular formula is C15H21N5O3. The SMILES string of the molecule is N=C(N)N1CCN(CCC(=O)Nc2cccc(C(=O)O)c2)CC1. The van der Waals surface area contributed by atoms with Crippen molar-refractivity contribution in [1.82, 2.24) is 9.80 Å². The van der Waals surface area contributed by atoms with Crippen LogP contribution in [0.25, 0.3) is 0 Å². The molecule has 8 heteroatoms. The number of hydrogen-bond donors (Lipinski definition) is 4. The van der Waals surface area contributed by atoms with E-state index in [2.05, 4.69) is 10.2 Å². The number of aromatic carboxylic acids is 1. The highest BCUT2D eigenvalue weighted by molar-refractivity contribution is 5.93. The van der Waals surface area contributed by atoms with Crippen LogP contribution >= 0.6 is 0 Å². The fourth-order valence-corrected chi connectivity index (χ4v) is 2.43. The fourth-order valence-electron chi connectivity index (χ4n) is 2.43. The van der Waals surface area contributed by atoms with Crippen molar-refractivity contribution in [3.63, 3.8) is 0 Å². The van der Waals surface area contributed by atoms with Crippen LogP contribution in [0.15, 0.2) is 24.3 Å². The number of hydrogen-bond acceptors (Lipinski definition) is 4. The quantitative estimate of drug-likeness (QED) is 0.455. The maximum Gasteiger partial charge on any atom is 0.335 e. The van der Waals surface area contributed by atoms with E-state index < -0.39 is 5.97 Å². The van der Waals surface area contributed by atoms with Gasteiger partial charge in [0.1, 0.15) is 0 Å². The third-order valence-corrected chi connectivity index (χ3v) is 3.76. The normalized spacial score (nSPS) is 15.2. The van der Waals surface area contributed by atoms with Crippen LogP contribution in [-0.2, 0) is 4.79 Å². The van der Waals surface area contributed by atoms with E-state index in [1.165, 1.54) is 12.1 Å². The van der Waals surface area contributed by atoms with E-state index in [0.717, 1.165) is 13.1 Å². The first kappa shape index (κ1) is 16.8. The molecule has 1 aromatic rings. The summed E-state index contributed by atoms with van der Waals surface area (Å²) in [6.45, 7) is 3.54. The molecule has 1 aliphatic rings. The molecule has 0 unspecified atom stereocenters. The van der Waals surface area contributed by atoms with E-state index in [1.54, 1.807) is 17.0 Å². The predicted octanol–water partition coefficient (Wildman–Crippen LogP) is 0.224. The number of amides is 1. The Morgan fingerprint density at radius 2 is 1.96 bits per heavy atom. The van der Waals surface area contributed by atoms with E-state index in [-0.39, 0.29) is 17.4 Å². The smallest absolute Gasteiger partial charge is 0.335 e. The standard InChI is InChI=1S/C15H21N5O3/c16-15(17)20-8-6-19(7-9-20)5-4-13(21)18-12-3-1-2-11(10-12)14(22)23/h1-3,10H,4-9H2,(H3,16,17)(H,18,21)(H,22,23). The molecule has 2 rings (SSSR count). The van der Waals surface area contributed by atoms with Crippen molar-refractivity contribution in [2.24, 2.45) is 5.73 Å².